The molecule has 0 spiro atoms. The third kappa shape index (κ3) is 2.55. The predicted molar refractivity (Wildman–Crippen MR) is 68.5 cm³/mol. The largest absolute Gasteiger partial charge is 0.480 e. The first-order valence-electron chi connectivity index (χ1n) is 5.58. The molecule has 0 radical (unpaired) electrons. The average Bonchev–Trinajstić information content (AvgIpc) is 2.37. The summed E-state index contributed by atoms with van der Waals surface area (Å²) in [5.74, 6) is -1.42. The van der Waals surface area contributed by atoms with Gasteiger partial charge in [0.05, 0.1) is 0 Å². The van der Waals surface area contributed by atoms with Crippen LogP contribution in [-0.2, 0) is 4.79 Å². The molecule has 0 aliphatic heterocycles. The van der Waals surface area contributed by atoms with E-state index < -0.39 is 12.0 Å². The Morgan fingerprint density at radius 1 is 1.11 bits per heavy atom. The van der Waals surface area contributed by atoms with Gasteiger partial charge in [-0.3, -0.25) is 9.59 Å². The molecule has 2 aromatic carbocycles. The lowest BCUT2D eigenvalue weighted by Gasteiger charge is -2.06. The van der Waals surface area contributed by atoms with E-state index in [-0.39, 0.29) is 12.2 Å². The number of nitrogens with two attached hydrogens (primary N) is 1. The third-order valence-electron chi connectivity index (χ3n) is 2.79. The smallest absolute Gasteiger partial charge is 0.320 e. The summed E-state index contributed by atoms with van der Waals surface area (Å²) in [7, 11) is 0. The molecule has 0 fully saturated rings. The molecule has 4 heteroatoms. The molecule has 1 atom stereocenters. The Kier molecular flexibility index (Phi) is 3.39. The van der Waals surface area contributed by atoms with Crippen LogP contribution in [0.3, 0.4) is 0 Å². The fourth-order valence-corrected chi connectivity index (χ4v) is 1.77. The quantitative estimate of drug-likeness (QED) is 0.803. The first kappa shape index (κ1) is 12.3. The highest BCUT2D eigenvalue weighted by atomic mass is 16.4. The van der Waals surface area contributed by atoms with Crippen molar-refractivity contribution in [1.82, 2.24) is 0 Å². The number of Topliss-reactive ketones (excluding diaryl/α,β-unsaturated/α-hetero) is 1. The number of fused-ring (bicyclic) bond motifs is 1. The fraction of sp³-hybridized carbons (Fsp3) is 0.143. The molecule has 2 rings (SSSR count). The van der Waals surface area contributed by atoms with Crippen LogP contribution in [0.15, 0.2) is 42.5 Å². The number of carboxylic acid groups (broad SMARTS) is 1. The minimum absolute atomic E-state index is 0.187. The second-order valence-corrected chi connectivity index (χ2v) is 4.13. The lowest BCUT2D eigenvalue weighted by Crippen LogP contribution is -2.32. The van der Waals surface area contributed by atoms with Crippen molar-refractivity contribution in [3.05, 3.63) is 48.0 Å². The van der Waals surface area contributed by atoms with E-state index in [0.717, 1.165) is 10.8 Å². The van der Waals surface area contributed by atoms with E-state index in [4.69, 9.17) is 10.8 Å². The van der Waals surface area contributed by atoms with Crippen LogP contribution in [-0.4, -0.2) is 22.9 Å². The molecule has 0 amide bonds. The number of rotatable bonds is 4. The van der Waals surface area contributed by atoms with E-state index in [9.17, 15) is 9.59 Å². The topological polar surface area (TPSA) is 80.4 Å². The van der Waals surface area contributed by atoms with E-state index >= 15 is 0 Å². The molecule has 0 saturated heterocycles. The zero-order valence-corrected chi connectivity index (χ0v) is 9.67. The third-order valence-corrected chi connectivity index (χ3v) is 2.79. The maximum Gasteiger partial charge on any atom is 0.320 e. The molecule has 3 N–H and O–H groups in total. The summed E-state index contributed by atoms with van der Waals surface area (Å²) in [6.07, 6.45) is -0.187. The van der Waals surface area contributed by atoms with Crippen LogP contribution in [0.1, 0.15) is 16.8 Å². The van der Waals surface area contributed by atoms with Crippen LogP contribution < -0.4 is 5.73 Å². The molecule has 4 nitrogen and oxygen atoms in total. The molecule has 0 aliphatic rings. The predicted octanol–water partition coefficient (Wildman–Crippen LogP) is 1.82. The standard InChI is InChI=1S/C14H13NO3/c15-12(14(17)18)8-13(16)11-6-5-9-3-1-2-4-10(9)7-11/h1-7,12H,8,15H2,(H,17,18). The van der Waals surface area contributed by atoms with E-state index in [1.165, 1.54) is 0 Å². The number of hydrogen-bond donors (Lipinski definition) is 2. The van der Waals surface area contributed by atoms with E-state index in [2.05, 4.69) is 0 Å². The number of carbonyl (C=O) groups is 2. The molecule has 0 bridgehead atoms. The maximum atomic E-state index is 11.9. The van der Waals surface area contributed by atoms with Crippen molar-refractivity contribution in [1.29, 1.82) is 0 Å². The second kappa shape index (κ2) is 4.98. The second-order valence-electron chi connectivity index (χ2n) is 4.13. The van der Waals surface area contributed by atoms with Gasteiger partial charge in [-0.25, -0.2) is 0 Å². The van der Waals surface area contributed by atoms with Gasteiger partial charge < -0.3 is 10.8 Å². The SMILES string of the molecule is NC(CC(=O)c1ccc2ccccc2c1)C(=O)O. The van der Waals surface area contributed by atoms with Gasteiger partial charge in [0.2, 0.25) is 0 Å². The molecule has 0 heterocycles. The molecule has 18 heavy (non-hydrogen) atoms. The Balaban J connectivity index is 2.25. The van der Waals surface area contributed by atoms with Gasteiger partial charge >= 0.3 is 5.97 Å². The Bertz CT molecular complexity index is 607. The van der Waals surface area contributed by atoms with Crippen LogP contribution in [0, 0.1) is 0 Å². The lowest BCUT2D eigenvalue weighted by molar-refractivity contribution is -0.138. The number of benzene rings is 2. The Morgan fingerprint density at radius 3 is 2.44 bits per heavy atom. The molecule has 0 saturated carbocycles. The fourth-order valence-electron chi connectivity index (χ4n) is 1.77. The molecule has 2 aromatic rings. The molecule has 1 unspecified atom stereocenters. The van der Waals surface area contributed by atoms with Gasteiger partial charge in [0.25, 0.3) is 0 Å². The first-order chi connectivity index (χ1) is 8.58. The monoisotopic (exact) mass is 243 g/mol. The first-order valence-corrected chi connectivity index (χ1v) is 5.58. The normalized spacial score (nSPS) is 12.3. The minimum atomic E-state index is -1.16. The minimum Gasteiger partial charge on any atom is -0.480 e. The maximum absolute atomic E-state index is 11.9. The summed E-state index contributed by atoms with van der Waals surface area (Å²) < 4.78 is 0. The summed E-state index contributed by atoms with van der Waals surface area (Å²) >= 11 is 0. The summed E-state index contributed by atoms with van der Waals surface area (Å²) in [4.78, 5) is 22.5. The van der Waals surface area contributed by atoms with Crippen LogP contribution in [0.2, 0.25) is 0 Å². The van der Waals surface area contributed by atoms with Crippen molar-refractivity contribution in [3.63, 3.8) is 0 Å². The zero-order valence-electron chi connectivity index (χ0n) is 9.67. The number of hydrogen-bond acceptors (Lipinski definition) is 3. The Labute approximate surface area is 104 Å². The number of ketones is 1. The molecular weight excluding hydrogens is 230 g/mol. The average molecular weight is 243 g/mol. The van der Waals surface area contributed by atoms with Crippen LogP contribution in [0.25, 0.3) is 10.8 Å². The van der Waals surface area contributed by atoms with Crippen LogP contribution in [0.4, 0.5) is 0 Å². The van der Waals surface area contributed by atoms with Gasteiger partial charge in [0.1, 0.15) is 6.04 Å². The molecular formula is C14H13NO3. The lowest BCUT2D eigenvalue weighted by atomic mass is 10.0. The van der Waals surface area contributed by atoms with Crippen molar-refractivity contribution >= 4 is 22.5 Å². The van der Waals surface area contributed by atoms with Crippen LogP contribution in [0.5, 0.6) is 0 Å². The van der Waals surface area contributed by atoms with E-state index in [0.29, 0.717) is 5.56 Å². The zero-order chi connectivity index (χ0) is 13.1. The van der Waals surface area contributed by atoms with Crippen molar-refractivity contribution in [3.8, 4) is 0 Å². The van der Waals surface area contributed by atoms with Crippen molar-refractivity contribution in [2.75, 3.05) is 0 Å². The van der Waals surface area contributed by atoms with Gasteiger partial charge in [-0.2, -0.15) is 0 Å². The number of carboxylic acids is 1. The highest BCUT2D eigenvalue weighted by molar-refractivity contribution is 6.01. The summed E-state index contributed by atoms with van der Waals surface area (Å²) in [6, 6.07) is 11.8. The summed E-state index contributed by atoms with van der Waals surface area (Å²) in [6.45, 7) is 0. The number of aliphatic carboxylic acids is 1. The Morgan fingerprint density at radius 2 is 1.78 bits per heavy atom. The van der Waals surface area contributed by atoms with Gasteiger partial charge in [-0.1, -0.05) is 36.4 Å². The van der Waals surface area contributed by atoms with Gasteiger partial charge in [0.15, 0.2) is 5.78 Å². The summed E-state index contributed by atoms with van der Waals surface area (Å²) in [5.41, 5.74) is 5.84. The van der Waals surface area contributed by atoms with Crippen molar-refractivity contribution < 1.29 is 14.7 Å². The molecule has 0 aliphatic carbocycles. The van der Waals surface area contributed by atoms with Gasteiger partial charge in [0, 0.05) is 12.0 Å². The number of carbonyl (C=O) groups excluding carboxylic acids is 1. The van der Waals surface area contributed by atoms with Gasteiger partial charge in [-0.15, -0.1) is 0 Å². The van der Waals surface area contributed by atoms with Gasteiger partial charge in [-0.05, 0) is 16.8 Å². The Hall–Kier alpha value is -2.20. The highest BCUT2D eigenvalue weighted by Gasteiger charge is 2.17. The molecule has 0 aromatic heterocycles. The van der Waals surface area contributed by atoms with E-state index in [1.54, 1.807) is 12.1 Å². The highest BCUT2D eigenvalue weighted by Crippen LogP contribution is 2.16. The molecule has 92 valence electrons. The summed E-state index contributed by atoms with van der Waals surface area (Å²) in [5, 5.41) is 10.7. The van der Waals surface area contributed by atoms with Crippen molar-refractivity contribution in [2.24, 2.45) is 5.73 Å². The van der Waals surface area contributed by atoms with Crippen molar-refractivity contribution in [2.45, 2.75) is 12.5 Å². The van der Waals surface area contributed by atoms with Crippen LogP contribution >= 0.6 is 0 Å². The van der Waals surface area contributed by atoms with E-state index in [1.807, 2.05) is 30.3 Å².